The van der Waals surface area contributed by atoms with Gasteiger partial charge in [0.15, 0.2) is 0 Å². The van der Waals surface area contributed by atoms with E-state index in [1.165, 1.54) is 7.11 Å². The van der Waals surface area contributed by atoms with Gasteiger partial charge in [-0.05, 0) is 6.07 Å². The average molecular weight is 269 g/mol. The molecule has 20 heavy (non-hydrogen) atoms. The van der Waals surface area contributed by atoms with Gasteiger partial charge in [-0.1, -0.05) is 18.2 Å². The maximum atomic E-state index is 11.8. The molecule has 1 fully saturated rings. The molecule has 6 nitrogen and oxygen atoms in total. The zero-order valence-corrected chi connectivity index (χ0v) is 10.7. The van der Waals surface area contributed by atoms with Crippen LogP contribution in [-0.2, 0) is 9.59 Å². The van der Waals surface area contributed by atoms with Crippen molar-refractivity contribution in [3.05, 3.63) is 29.8 Å². The molecule has 1 aliphatic heterocycles. The van der Waals surface area contributed by atoms with Crippen molar-refractivity contribution in [3.63, 3.8) is 0 Å². The molecule has 2 rings (SSSR count). The van der Waals surface area contributed by atoms with Crippen LogP contribution in [0, 0.1) is 34.5 Å². The predicted molar refractivity (Wildman–Crippen MR) is 67.1 cm³/mol. The Balaban J connectivity index is 2.59. The molecule has 0 aliphatic carbocycles. The summed E-state index contributed by atoms with van der Waals surface area (Å²) in [4.78, 5) is 23.6. The fraction of sp³-hybridized carbons (Fsp3) is 0.286. The zero-order valence-electron chi connectivity index (χ0n) is 10.7. The Hall–Kier alpha value is -2.86. The Morgan fingerprint density at radius 1 is 1.10 bits per heavy atom. The van der Waals surface area contributed by atoms with Crippen LogP contribution in [0.2, 0.25) is 0 Å². The molecule has 2 amide bonds. The summed E-state index contributed by atoms with van der Waals surface area (Å²) in [5, 5.41) is 20.4. The average Bonchev–Trinajstić information content (AvgIpc) is 2.46. The zero-order chi connectivity index (χ0) is 14.7. The Morgan fingerprint density at radius 3 is 2.15 bits per heavy atom. The summed E-state index contributed by atoms with van der Waals surface area (Å²) < 4.78 is 5.19. The third-order valence-electron chi connectivity index (χ3n) is 3.31. The summed E-state index contributed by atoms with van der Waals surface area (Å²) in [5.41, 5.74) is 0.510. The molecule has 0 spiro atoms. The third-order valence-corrected chi connectivity index (χ3v) is 3.31. The number of carbonyl (C=O) groups excluding carboxylic acids is 2. The number of methoxy groups -OCH3 is 1. The van der Waals surface area contributed by atoms with E-state index in [0.29, 0.717) is 11.3 Å². The summed E-state index contributed by atoms with van der Waals surface area (Å²) in [7, 11) is 1.45. The van der Waals surface area contributed by atoms with Crippen LogP contribution >= 0.6 is 0 Å². The van der Waals surface area contributed by atoms with E-state index in [2.05, 4.69) is 5.32 Å². The first-order valence-electron chi connectivity index (χ1n) is 5.91. The lowest BCUT2D eigenvalue weighted by Crippen LogP contribution is -2.49. The van der Waals surface area contributed by atoms with Gasteiger partial charge in [-0.15, -0.1) is 0 Å². The van der Waals surface area contributed by atoms with Gasteiger partial charge in [-0.3, -0.25) is 14.9 Å². The van der Waals surface area contributed by atoms with Gasteiger partial charge in [0.25, 0.3) is 0 Å². The maximum Gasteiger partial charge on any atom is 0.244 e. The molecule has 0 saturated carbocycles. The number of amides is 2. The number of piperidine rings is 1. The van der Waals surface area contributed by atoms with E-state index >= 15 is 0 Å². The number of para-hydroxylation sites is 1. The molecule has 1 aliphatic rings. The maximum absolute atomic E-state index is 11.8. The van der Waals surface area contributed by atoms with E-state index in [0.717, 1.165) is 0 Å². The highest BCUT2D eigenvalue weighted by Crippen LogP contribution is 2.39. The molecule has 100 valence electrons. The van der Waals surface area contributed by atoms with Crippen molar-refractivity contribution in [3.8, 4) is 17.9 Å². The van der Waals surface area contributed by atoms with Gasteiger partial charge in [0.1, 0.15) is 17.6 Å². The van der Waals surface area contributed by atoms with Crippen molar-refractivity contribution in [1.82, 2.24) is 5.32 Å². The second-order valence-corrected chi connectivity index (χ2v) is 4.33. The predicted octanol–water partition coefficient (Wildman–Crippen LogP) is 0.715. The van der Waals surface area contributed by atoms with Crippen molar-refractivity contribution in [2.45, 2.75) is 5.92 Å². The molecule has 2 atom stereocenters. The molecule has 6 heteroatoms. The highest BCUT2D eigenvalue weighted by atomic mass is 16.5. The van der Waals surface area contributed by atoms with Gasteiger partial charge in [0.05, 0.1) is 19.2 Å². The van der Waals surface area contributed by atoms with Crippen molar-refractivity contribution in [2.24, 2.45) is 11.8 Å². The number of benzene rings is 1. The quantitative estimate of drug-likeness (QED) is 0.796. The minimum atomic E-state index is -1.10. The molecular formula is C14H11N3O3. The van der Waals surface area contributed by atoms with Crippen LogP contribution in [-0.4, -0.2) is 18.9 Å². The van der Waals surface area contributed by atoms with Gasteiger partial charge >= 0.3 is 0 Å². The summed E-state index contributed by atoms with van der Waals surface area (Å²) in [5.74, 6) is -3.95. The topological polar surface area (TPSA) is 103 Å². The van der Waals surface area contributed by atoms with Crippen molar-refractivity contribution in [2.75, 3.05) is 7.11 Å². The van der Waals surface area contributed by atoms with Crippen LogP contribution in [0.3, 0.4) is 0 Å². The largest absolute Gasteiger partial charge is 0.496 e. The van der Waals surface area contributed by atoms with Gasteiger partial charge in [0, 0.05) is 11.5 Å². The Bertz CT molecular complexity index is 610. The van der Waals surface area contributed by atoms with Crippen LogP contribution in [0.1, 0.15) is 11.5 Å². The first-order valence-corrected chi connectivity index (χ1v) is 5.91. The third kappa shape index (κ3) is 2.08. The van der Waals surface area contributed by atoms with Crippen molar-refractivity contribution < 1.29 is 14.3 Å². The smallest absolute Gasteiger partial charge is 0.244 e. The minimum Gasteiger partial charge on any atom is -0.496 e. The number of hydrogen-bond acceptors (Lipinski definition) is 5. The fourth-order valence-corrected chi connectivity index (χ4v) is 2.37. The second kappa shape index (κ2) is 5.41. The van der Waals surface area contributed by atoms with Gasteiger partial charge in [-0.25, -0.2) is 0 Å². The molecule has 1 aromatic carbocycles. The summed E-state index contributed by atoms with van der Waals surface area (Å²) in [6, 6.07) is 10.5. The molecule has 0 aromatic heterocycles. The van der Waals surface area contributed by atoms with Crippen LogP contribution < -0.4 is 10.1 Å². The standard InChI is InChI=1S/C14H11N3O3/c1-20-11-5-3-2-4-8(11)12-9(6-15)13(18)17-14(19)10(12)7-16/h2-5,9-10,12H,1H3,(H,17,18,19)/t9-,10-/m0/s1. The van der Waals surface area contributed by atoms with E-state index in [1.54, 1.807) is 24.3 Å². The van der Waals surface area contributed by atoms with Crippen molar-refractivity contribution in [1.29, 1.82) is 10.5 Å². The Labute approximate surface area is 115 Å². The highest BCUT2D eigenvalue weighted by molar-refractivity contribution is 6.03. The molecular weight excluding hydrogens is 258 g/mol. The number of imide groups is 1. The summed E-state index contributed by atoms with van der Waals surface area (Å²) >= 11 is 0. The second-order valence-electron chi connectivity index (χ2n) is 4.33. The Kier molecular flexibility index (Phi) is 3.67. The molecule has 1 saturated heterocycles. The van der Waals surface area contributed by atoms with Crippen LogP contribution in [0.25, 0.3) is 0 Å². The number of hydrogen-bond donors (Lipinski definition) is 1. The van der Waals surface area contributed by atoms with Crippen LogP contribution in [0.5, 0.6) is 5.75 Å². The lowest BCUT2D eigenvalue weighted by atomic mass is 9.74. The summed E-state index contributed by atoms with van der Waals surface area (Å²) in [6.45, 7) is 0. The molecule has 0 radical (unpaired) electrons. The van der Waals surface area contributed by atoms with E-state index in [4.69, 9.17) is 4.74 Å². The lowest BCUT2D eigenvalue weighted by Gasteiger charge is -2.30. The molecule has 0 unspecified atom stereocenters. The van der Waals surface area contributed by atoms with Crippen LogP contribution in [0.4, 0.5) is 0 Å². The van der Waals surface area contributed by atoms with Gasteiger partial charge in [-0.2, -0.15) is 10.5 Å². The van der Waals surface area contributed by atoms with Crippen LogP contribution in [0.15, 0.2) is 24.3 Å². The van der Waals surface area contributed by atoms with Gasteiger partial charge < -0.3 is 4.74 Å². The molecule has 1 aromatic rings. The molecule has 0 bridgehead atoms. The first kappa shape index (κ1) is 13.6. The van der Waals surface area contributed by atoms with E-state index in [-0.39, 0.29) is 0 Å². The number of nitriles is 2. The molecule has 1 heterocycles. The number of carbonyl (C=O) groups is 2. The Morgan fingerprint density at radius 2 is 1.65 bits per heavy atom. The van der Waals surface area contributed by atoms with E-state index in [9.17, 15) is 20.1 Å². The number of nitrogens with one attached hydrogen (secondary N) is 1. The van der Waals surface area contributed by atoms with E-state index < -0.39 is 29.6 Å². The SMILES string of the molecule is COc1ccccc1C1[C@H](C#N)C(=O)NC(=O)[C@H]1C#N. The normalized spacial score (nSPS) is 22.6. The van der Waals surface area contributed by atoms with Crippen molar-refractivity contribution >= 4 is 11.8 Å². The number of rotatable bonds is 2. The fourth-order valence-electron chi connectivity index (χ4n) is 2.37. The number of nitrogens with zero attached hydrogens (tertiary/aromatic N) is 2. The lowest BCUT2D eigenvalue weighted by molar-refractivity contribution is -0.137. The number of ether oxygens (including phenoxy) is 1. The highest BCUT2D eigenvalue weighted by Gasteiger charge is 2.46. The summed E-state index contributed by atoms with van der Waals surface area (Å²) in [6.07, 6.45) is 0. The monoisotopic (exact) mass is 269 g/mol. The van der Waals surface area contributed by atoms with Gasteiger partial charge in [0.2, 0.25) is 11.8 Å². The van der Waals surface area contributed by atoms with E-state index in [1.807, 2.05) is 12.1 Å². The minimum absolute atomic E-state index is 0.445. The first-order chi connectivity index (χ1) is 9.63. The molecule has 1 N–H and O–H groups in total.